The van der Waals surface area contributed by atoms with Crippen LogP contribution in [0.4, 0.5) is 5.69 Å². The molecule has 0 fully saturated rings. The summed E-state index contributed by atoms with van der Waals surface area (Å²) >= 11 is 1.43. The summed E-state index contributed by atoms with van der Waals surface area (Å²) in [5, 5.41) is 8.41. The second-order valence-electron chi connectivity index (χ2n) is 7.43. The van der Waals surface area contributed by atoms with Crippen molar-refractivity contribution < 1.29 is 14.0 Å². The summed E-state index contributed by atoms with van der Waals surface area (Å²) in [4.78, 5) is 30.0. The van der Waals surface area contributed by atoms with E-state index in [1.165, 1.54) is 11.3 Å². The molecule has 0 spiro atoms. The molecule has 0 aliphatic heterocycles. The Balaban J connectivity index is 1.42. The number of nitrogens with one attached hydrogen (secondary N) is 2. The van der Waals surface area contributed by atoms with Crippen LogP contribution in [0, 0.1) is 6.92 Å². The lowest BCUT2D eigenvalue weighted by atomic mass is 10.1. The van der Waals surface area contributed by atoms with E-state index in [9.17, 15) is 9.59 Å². The molecule has 6 nitrogen and oxygen atoms in total. The molecule has 0 saturated carbocycles. The highest BCUT2D eigenvalue weighted by molar-refractivity contribution is 7.13. The van der Waals surface area contributed by atoms with Crippen molar-refractivity contribution in [1.82, 2.24) is 10.3 Å². The van der Waals surface area contributed by atoms with Crippen molar-refractivity contribution in [2.45, 2.75) is 26.3 Å². The summed E-state index contributed by atoms with van der Waals surface area (Å²) in [6, 6.07) is 20.3. The third kappa shape index (κ3) is 5.12. The third-order valence-corrected chi connectivity index (χ3v) is 5.84. The molecule has 0 saturated heterocycles. The van der Waals surface area contributed by atoms with Crippen molar-refractivity contribution in [1.29, 1.82) is 0 Å². The number of nitrogens with zero attached hydrogens (tertiary/aromatic N) is 1. The van der Waals surface area contributed by atoms with Crippen molar-refractivity contribution in [3.8, 4) is 10.8 Å². The van der Waals surface area contributed by atoms with Crippen molar-refractivity contribution in [3.05, 3.63) is 94.7 Å². The summed E-state index contributed by atoms with van der Waals surface area (Å²) in [7, 11) is 0. The zero-order chi connectivity index (χ0) is 22.5. The molecule has 7 heteroatoms. The van der Waals surface area contributed by atoms with Gasteiger partial charge in [0.05, 0.1) is 29.4 Å². The van der Waals surface area contributed by atoms with Crippen LogP contribution in [0.15, 0.2) is 76.5 Å². The highest BCUT2D eigenvalue weighted by atomic mass is 32.1. The lowest BCUT2D eigenvalue weighted by molar-refractivity contribution is -0.115. The van der Waals surface area contributed by atoms with Gasteiger partial charge in [-0.3, -0.25) is 9.59 Å². The van der Waals surface area contributed by atoms with Crippen molar-refractivity contribution >= 4 is 28.8 Å². The van der Waals surface area contributed by atoms with E-state index < -0.39 is 0 Å². The van der Waals surface area contributed by atoms with Gasteiger partial charge in [-0.15, -0.1) is 11.3 Å². The van der Waals surface area contributed by atoms with E-state index in [0.717, 1.165) is 16.3 Å². The lowest BCUT2D eigenvalue weighted by Crippen LogP contribution is -2.28. The Morgan fingerprint density at radius 3 is 2.53 bits per heavy atom. The number of hydrogen-bond donors (Lipinski definition) is 2. The van der Waals surface area contributed by atoms with E-state index >= 15 is 0 Å². The number of rotatable bonds is 7. The second-order valence-corrected chi connectivity index (χ2v) is 8.29. The molecule has 0 radical (unpaired) electrons. The van der Waals surface area contributed by atoms with Gasteiger partial charge in [0.15, 0.2) is 10.8 Å². The average molecular weight is 446 g/mol. The Kier molecular flexibility index (Phi) is 6.47. The van der Waals surface area contributed by atoms with Gasteiger partial charge in [0.25, 0.3) is 5.91 Å². The Bertz CT molecular complexity index is 1230. The van der Waals surface area contributed by atoms with Gasteiger partial charge in [-0.1, -0.05) is 42.5 Å². The van der Waals surface area contributed by atoms with Crippen LogP contribution in [-0.4, -0.2) is 16.8 Å². The molecule has 2 N–H and O–H groups in total. The van der Waals surface area contributed by atoms with Crippen LogP contribution in [0.5, 0.6) is 0 Å². The van der Waals surface area contributed by atoms with Gasteiger partial charge in [-0.25, -0.2) is 4.98 Å². The van der Waals surface area contributed by atoms with E-state index in [-0.39, 0.29) is 24.3 Å². The molecule has 0 aliphatic rings. The molecule has 2 aromatic heterocycles. The number of para-hydroxylation sites is 1. The number of benzene rings is 2. The monoisotopic (exact) mass is 445 g/mol. The summed E-state index contributed by atoms with van der Waals surface area (Å²) in [5.41, 5.74) is 2.53. The molecular weight excluding hydrogens is 422 g/mol. The highest BCUT2D eigenvalue weighted by Crippen LogP contribution is 2.26. The predicted octanol–water partition coefficient (Wildman–Crippen LogP) is 5.38. The molecule has 2 aromatic carbocycles. The molecule has 0 bridgehead atoms. The first kappa shape index (κ1) is 21.5. The number of aryl methyl sites for hydroxylation is 1. The van der Waals surface area contributed by atoms with Gasteiger partial charge in [-0.05, 0) is 43.7 Å². The number of carbonyl (C=O) groups excluding carboxylic acids is 2. The average Bonchev–Trinajstić information content (AvgIpc) is 3.43. The van der Waals surface area contributed by atoms with E-state index in [1.807, 2.05) is 61.7 Å². The van der Waals surface area contributed by atoms with Gasteiger partial charge < -0.3 is 15.1 Å². The van der Waals surface area contributed by atoms with Gasteiger partial charge in [0.1, 0.15) is 5.76 Å². The molecule has 2 heterocycles. The minimum atomic E-state index is -0.249. The van der Waals surface area contributed by atoms with Gasteiger partial charge in [0.2, 0.25) is 5.91 Å². The van der Waals surface area contributed by atoms with E-state index in [4.69, 9.17) is 4.42 Å². The van der Waals surface area contributed by atoms with Crippen LogP contribution in [0.3, 0.4) is 0 Å². The Morgan fingerprint density at radius 2 is 1.78 bits per heavy atom. The minimum absolute atomic E-state index is 0.104. The Labute approximate surface area is 190 Å². The number of amides is 2. The molecule has 2 amide bonds. The number of furan rings is 1. The largest absolute Gasteiger partial charge is 0.459 e. The van der Waals surface area contributed by atoms with Crippen LogP contribution >= 0.6 is 11.3 Å². The Morgan fingerprint density at radius 1 is 1.03 bits per heavy atom. The fourth-order valence-electron chi connectivity index (χ4n) is 3.30. The SMILES string of the molecule is Cc1ccc(-c2nc(CC(=O)Nc3ccccc3C(=O)NC(C)c3ccccc3)cs2)o1. The quantitative estimate of drug-likeness (QED) is 0.400. The molecule has 1 unspecified atom stereocenters. The summed E-state index contributed by atoms with van der Waals surface area (Å²) in [6.07, 6.45) is 0.104. The predicted molar refractivity (Wildman–Crippen MR) is 126 cm³/mol. The molecule has 162 valence electrons. The van der Waals surface area contributed by atoms with E-state index in [2.05, 4.69) is 15.6 Å². The van der Waals surface area contributed by atoms with Crippen molar-refractivity contribution in [2.24, 2.45) is 0 Å². The topological polar surface area (TPSA) is 84.2 Å². The third-order valence-electron chi connectivity index (χ3n) is 4.94. The van der Waals surface area contributed by atoms with Crippen LogP contribution in [0.25, 0.3) is 10.8 Å². The first-order chi connectivity index (χ1) is 15.5. The molecular formula is C25H23N3O3S. The number of thiazole rings is 1. The lowest BCUT2D eigenvalue weighted by Gasteiger charge is -2.16. The van der Waals surface area contributed by atoms with Gasteiger partial charge in [0, 0.05) is 5.38 Å². The number of hydrogen-bond acceptors (Lipinski definition) is 5. The smallest absolute Gasteiger partial charge is 0.253 e. The standard InChI is InChI=1S/C25H23N3O3S/c1-16-12-13-22(31-16)25-27-19(15-32-25)14-23(29)28-21-11-7-6-10-20(21)24(30)26-17(2)18-8-4-3-5-9-18/h3-13,15,17H,14H2,1-2H3,(H,26,30)(H,28,29). The maximum atomic E-state index is 12.9. The van der Waals surface area contributed by atoms with Gasteiger partial charge >= 0.3 is 0 Å². The van der Waals surface area contributed by atoms with Crippen LogP contribution < -0.4 is 10.6 Å². The molecule has 4 aromatic rings. The van der Waals surface area contributed by atoms with Crippen LogP contribution in [-0.2, 0) is 11.2 Å². The zero-order valence-corrected chi connectivity index (χ0v) is 18.6. The van der Waals surface area contributed by atoms with E-state index in [0.29, 0.717) is 22.7 Å². The maximum absolute atomic E-state index is 12.9. The number of carbonyl (C=O) groups is 2. The molecule has 0 aliphatic carbocycles. The minimum Gasteiger partial charge on any atom is -0.459 e. The zero-order valence-electron chi connectivity index (χ0n) is 17.8. The summed E-state index contributed by atoms with van der Waals surface area (Å²) in [6.45, 7) is 3.80. The fraction of sp³-hybridized carbons (Fsp3) is 0.160. The summed E-state index contributed by atoms with van der Waals surface area (Å²) in [5.74, 6) is 1.01. The van der Waals surface area contributed by atoms with Crippen LogP contribution in [0.2, 0.25) is 0 Å². The number of anilines is 1. The summed E-state index contributed by atoms with van der Waals surface area (Å²) < 4.78 is 5.59. The second kappa shape index (κ2) is 9.62. The van der Waals surface area contributed by atoms with Crippen molar-refractivity contribution in [3.63, 3.8) is 0 Å². The molecule has 4 rings (SSSR count). The molecule has 32 heavy (non-hydrogen) atoms. The normalized spacial score (nSPS) is 11.7. The fourth-order valence-corrected chi connectivity index (χ4v) is 4.08. The molecule has 1 atom stereocenters. The Hall–Kier alpha value is -3.71. The van der Waals surface area contributed by atoms with Crippen molar-refractivity contribution in [2.75, 3.05) is 5.32 Å². The van der Waals surface area contributed by atoms with Gasteiger partial charge in [-0.2, -0.15) is 0 Å². The first-order valence-electron chi connectivity index (χ1n) is 10.3. The first-order valence-corrected chi connectivity index (χ1v) is 11.1. The number of aromatic nitrogens is 1. The highest BCUT2D eigenvalue weighted by Gasteiger charge is 2.17. The maximum Gasteiger partial charge on any atom is 0.253 e. The van der Waals surface area contributed by atoms with E-state index in [1.54, 1.807) is 24.3 Å². The van der Waals surface area contributed by atoms with Crippen LogP contribution in [0.1, 0.15) is 40.3 Å².